The first-order valence-electron chi connectivity index (χ1n) is 2.83. The molecule has 0 N–H and O–H groups in total. The van der Waals surface area contributed by atoms with E-state index in [4.69, 9.17) is 9.68 Å². The first-order valence-corrected chi connectivity index (χ1v) is 2.83. The minimum absolute atomic E-state index is 0.535. The summed E-state index contributed by atoms with van der Waals surface area (Å²) in [6, 6.07) is 5.74. The van der Waals surface area contributed by atoms with Gasteiger partial charge in [0.2, 0.25) is 0 Å². The minimum atomic E-state index is 0.535. The summed E-state index contributed by atoms with van der Waals surface area (Å²) in [5.74, 6) is 0.886. The van der Waals surface area contributed by atoms with E-state index >= 15 is 0 Å². The molecular weight excluding hydrogens is 114 g/mol. The first kappa shape index (κ1) is 5.90. The quantitative estimate of drug-likeness (QED) is 0.597. The van der Waals surface area contributed by atoms with E-state index in [0.29, 0.717) is 6.42 Å². The lowest BCUT2D eigenvalue weighted by Crippen LogP contribution is -1.76. The lowest BCUT2D eigenvalue weighted by Gasteiger charge is -1.84. The van der Waals surface area contributed by atoms with Crippen molar-refractivity contribution in [2.45, 2.75) is 12.8 Å². The van der Waals surface area contributed by atoms with Gasteiger partial charge in [-0.1, -0.05) is 0 Å². The number of hydrogen-bond donors (Lipinski definition) is 0. The van der Waals surface area contributed by atoms with Gasteiger partial charge in [0, 0.05) is 12.8 Å². The Morgan fingerprint density at radius 3 is 3.11 bits per heavy atom. The molecule has 0 bridgehead atoms. The Kier molecular flexibility index (Phi) is 1.92. The second kappa shape index (κ2) is 2.93. The van der Waals surface area contributed by atoms with Crippen LogP contribution in [-0.4, -0.2) is 0 Å². The Morgan fingerprint density at radius 2 is 2.56 bits per heavy atom. The number of furan rings is 1. The molecule has 1 aromatic heterocycles. The van der Waals surface area contributed by atoms with Crippen molar-refractivity contribution in [2.24, 2.45) is 0 Å². The molecule has 0 aliphatic carbocycles. The number of nitriles is 1. The van der Waals surface area contributed by atoms with Crippen LogP contribution in [0.25, 0.3) is 0 Å². The van der Waals surface area contributed by atoms with Gasteiger partial charge in [-0.15, -0.1) is 0 Å². The highest BCUT2D eigenvalue weighted by atomic mass is 16.3. The largest absolute Gasteiger partial charge is 0.469 e. The molecule has 1 rings (SSSR count). The highest BCUT2D eigenvalue weighted by molar-refractivity contribution is 4.99. The molecule has 0 saturated carbocycles. The second-order valence-electron chi connectivity index (χ2n) is 1.74. The van der Waals surface area contributed by atoms with E-state index in [0.717, 1.165) is 12.2 Å². The molecule has 0 aliphatic heterocycles. The van der Waals surface area contributed by atoms with E-state index in [1.807, 2.05) is 18.2 Å². The second-order valence-corrected chi connectivity index (χ2v) is 1.74. The van der Waals surface area contributed by atoms with Crippen LogP contribution >= 0.6 is 0 Å². The molecule has 0 atom stereocenters. The predicted octanol–water partition coefficient (Wildman–Crippen LogP) is 1.74. The summed E-state index contributed by atoms with van der Waals surface area (Å²) in [6.45, 7) is 0. The van der Waals surface area contributed by atoms with Crippen LogP contribution in [0.3, 0.4) is 0 Å². The molecule has 0 aliphatic rings. The van der Waals surface area contributed by atoms with Gasteiger partial charge in [0.15, 0.2) is 0 Å². The van der Waals surface area contributed by atoms with Crippen molar-refractivity contribution in [2.75, 3.05) is 0 Å². The van der Waals surface area contributed by atoms with Gasteiger partial charge in [0.05, 0.1) is 12.3 Å². The highest BCUT2D eigenvalue weighted by Gasteiger charge is 1.91. The molecule has 0 saturated heterocycles. The van der Waals surface area contributed by atoms with E-state index in [1.165, 1.54) is 0 Å². The summed E-state index contributed by atoms with van der Waals surface area (Å²) in [6.07, 6.45) is 2.88. The fourth-order valence-corrected chi connectivity index (χ4v) is 0.634. The van der Waals surface area contributed by atoms with Crippen molar-refractivity contribution in [3.05, 3.63) is 24.2 Å². The number of aryl methyl sites for hydroxylation is 1. The van der Waals surface area contributed by atoms with Crippen molar-refractivity contribution in [3.8, 4) is 6.07 Å². The van der Waals surface area contributed by atoms with Gasteiger partial charge in [-0.2, -0.15) is 5.26 Å². The third-order valence-corrected chi connectivity index (χ3v) is 1.06. The van der Waals surface area contributed by atoms with Gasteiger partial charge in [-0.05, 0) is 12.1 Å². The van der Waals surface area contributed by atoms with E-state index < -0.39 is 0 Å². The molecular formula is C7H7NO. The van der Waals surface area contributed by atoms with E-state index in [2.05, 4.69) is 0 Å². The fraction of sp³-hybridized carbons (Fsp3) is 0.286. The zero-order chi connectivity index (χ0) is 6.53. The summed E-state index contributed by atoms with van der Waals surface area (Å²) in [5, 5.41) is 8.17. The average Bonchev–Trinajstić information content (AvgIpc) is 2.34. The summed E-state index contributed by atoms with van der Waals surface area (Å²) in [4.78, 5) is 0. The summed E-state index contributed by atoms with van der Waals surface area (Å²) in [7, 11) is 0. The topological polar surface area (TPSA) is 36.9 Å². The van der Waals surface area contributed by atoms with Crippen molar-refractivity contribution < 1.29 is 4.42 Å². The predicted molar refractivity (Wildman–Crippen MR) is 32.6 cm³/mol. The van der Waals surface area contributed by atoms with Crippen LogP contribution in [0.2, 0.25) is 0 Å². The summed E-state index contributed by atoms with van der Waals surface area (Å²) < 4.78 is 4.98. The maximum absolute atomic E-state index is 8.17. The normalized spacial score (nSPS) is 8.78. The molecule has 0 fully saturated rings. The van der Waals surface area contributed by atoms with Gasteiger partial charge in [-0.3, -0.25) is 0 Å². The molecule has 9 heavy (non-hydrogen) atoms. The van der Waals surface area contributed by atoms with Crippen LogP contribution in [-0.2, 0) is 6.42 Å². The molecule has 0 aromatic carbocycles. The molecule has 0 radical (unpaired) electrons. The minimum Gasteiger partial charge on any atom is -0.469 e. The Balaban J connectivity index is 2.41. The molecule has 1 heterocycles. The molecule has 0 unspecified atom stereocenters. The lowest BCUT2D eigenvalue weighted by atomic mass is 10.3. The van der Waals surface area contributed by atoms with Crippen LogP contribution in [0.15, 0.2) is 22.8 Å². The van der Waals surface area contributed by atoms with Crippen LogP contribution in [0.1, 0.15) is 12.2 Å². The Hall–Kier alpha value is -1.23. The maximum Gasteiger partial charge on any atom is 0.104 e. The third-order valence-electron chi connectivity index (χ3n) is 1.06. The third kappa shape index (κ3) is 1.61. The van der Waals surface area contributed by atoms with Crippen molar-refractivity contribution in [1.29, 1.82) is 5.26 Å². The van der Waals surface area contributed by atoms with Gasteiger partial charge in [-0.25, -0.2) is 0 Å². The zero-order valence-electron chi connectivity index (χ0n) is 5.00. The van der Waals surface area contributed by atoms with E-state index in [9.17, 15) is 0 Å². The van der Waals surface area contributed by atoms with Crippen LogP contribution in [0.5, 0.6) is 0 Å². The van der Waals surface area contributed by atoms with Crippen LogP contribution in [0.4, 0.5) is 0 Å². The lowest BCUT2D eigenvalue weighted by molar-refractivity contribution is 0.511. The molecule has 2 nitrogen and oxygen atoms in total. The molecule has 0 amide bonds. The van der Waals surface area contributed by atoms with Gasteiger partial charge < -0.3 is 4.42 Å². The van der Waals surface area contributed by atoms with E-state index in [1.54, 1.807) is 6.26 Å². The maximum atomic E-state index is 8.17. The van der Waals surface area contributed by atoms with Crippen molar-refractivity contribution in [1.82, 2.24) is 0 Å². The number of hydrogen-bond acceptors (Lipinski definition) is 2. The molecule has 1 aromatic rings. The smallest absolute Gasteiger partial charge is 0.104 e. The number of rotatable bonds is 2. The Labute approximate surface area is 53.7 Å². The van der Waals surface area contributed by atoms with Gasteiger partial charge in [0.25, 0.3) is 0 Å². The van der Waals surface area contributed by atoms with Crippen LogP contribution < -0.4 is 0 Å². The Bertz CT molecular complexity index is 195. The van der Waals surface area contributed by atoms with E-state index in [-0.39, 0.29) is 0 Å². The fourth-order valence-electron chi connectivity index (χ4n) is 0.634. The van der Waals surface area contributed by atoms with Gasteiger partial charge >= 0.3 is 0 Å². The standard InChI is InChI=1S/C7H7NO/c8-5-1-3-7-4-2-6-9-7/h2,4,6H,1,3H2. The highest BCUT2D eigenvalue weighted by Crippen LogP contribution is 2.01. The summed E-state index contributed by atoms with van der Waals surface area (Å²) in [5.41, 5.74) is 0. The Morgan fingerprint density at radius 1 is 1.67 bits per heavy atom. The number of nitrogens with zero attached hydrogens (tertiary/aromatic N) is 1. The zero-order valence-corrected chi connectivity index (χ0v) is 5.00. The van der Waals surface area contributed by atoms with Crippen LogP contribution in [0, 0.1) is 11.3 Å². The van der Waals surface area contributed by atoms with Gasteiger partial charge in [0.1, 0.15) is 5.76 Å². The molecule has 2 heteroatoms. The first-order chi connectivity index (χ1) is 4.43. The summed E-state index contributed by atoms with van der Waals surface area (Å²) >= 11 is 0. The van der Waals surface area contributed by atoms with Crippen molar-refractivity contribution >= 4 is 0 Å². The SMILES string of the molecule is N#CCCc1ccco1. The molecule has 0 spiro atoms. The van der Waals surface area contributed by atoms with Crippen molar-refractivity contribution in [3.63, 3.8) is 0 Å². The average molecular weight is 121 g/mol. The monoisotopic (exact) mass is 121 g/mol. The molecule has 46 valence electrons.